The number of aromatic nitrogens is 2. The molecule has 0 aliphatic carbocycles. The molecule has 352 valence electrons. The molecule has 2 aromatic heterocycles. The second-order valence-corrected chi connectivity index (χ2v) is 21.6. The molecule has 0 bridgehead atoms. The summed E-state index contributed by atoms with van der Waals surface area (Å²) in [6.07, 6.45) is 9.95. The zero-order chi connectivity index (χ0) is 47.4. The largest absolute Gasteiger partial charge is 0.497 e. The molecule has 0 aliphatic heterocycles. The molecular formula is C50H60N4O8S4. The molecule has 0 radical (unpaired) electrons. The molecule has 6 aromatic rings. The van der Waals surface area contributed by atoms with Crippen LogP contribution in [-0.4, -0.2) is 74.4 Å². The molecule has 0 saturated heterocycles. The number of sulfonamides is 2. The summed E-state index contributed by atoms with van der Waals surface area (Å²) in [7, 11) is -0.862. The Kier molecular flexibility index (Phi) is 20.4. The number of rotatable bonds is 26. The first-order chi connectivity index (χ1) is 31.9. The van der Waals surface area contributed by atoms with Gasteiger partial charge in [-0.05, 0) is 96.5 Å². The molecule has 0 saturated carbocycles. The number of nitrogens with zero attached hydrogens (tertiary/aromatic N) is 4. The van der Waals surface area contributed by atoms with Crippen molar-refractivity contribution in [2.24, 2.45) is 0 Å². The quantitative estimate of drug-likeness (QED) is 0.0483. The van der Waals surface area contributed by atoms with Crippen molar-refractivity contribution in [1.82, 2.24) is 18.6 Å². The number of ether oxygens (including phenoxy) is 4. The lowest BCUT2D eigenvalue weighted by atomic mass is 10.2. The number of thiazole rings is 2. The van der Waals surface area contributed by atoms with Gasteiger partial charge in [-0.25, -0.2) is 26.8 Å². The zero-order valence-electron chi connectivity index (χ0n) is 38.0. The summed E-state index contributed by atoms with van der Waals surface area (Å²) >= 11 is 2.96. The summed E-state index contributed by atoms with van der Waals surface area (Å²) in [4.78, 5) is 8.65. The van der Waals surface area contributed by atoms with Gasteiger partial charge in [0.15, 0.2) is 0 Å². The van der Waals surface area contributed by atoms with E-state index in [9.17, 15) is 16.8 Å². The fourth-order valence-corrected chi connectivity index (χ4v) is 12.4. The topological polar surface area (TPSA) is 137 Å². The molecule has 6 rings (SSSR count). The Bertz CT molecular complexity index is 2270. The number of benzene rings is 4. The Hall–Kier alpha value is -5.36. The zero-order valence-corrected chi connectivity index (χ0v) is 41.3. The van der Waals surface area contributed by atoms with E-state index in [-0.39, 0.29) is 26.2 Å². The van der Waals surface area contributed by atoms with Crippen LogP contribution in [0.5, 0.6) is 23.0 Å². The van der Waals surface area contributed by atoms with Crippen molar-refractivity contribution in [1.29, 1.82) is 0 Å². The summed E-state index contributed by atoms with van der Waals surface area (Å²) in [5, 5.41) is 4.22. The fourth-order valence-electron chi connectivity index (χ4n) is 7.05. The van der Waals surface area contributed by atoms with E-state index in [0.717, 1.165) is 55.3 Å². The number of allylic oxidation sites excluding steroid dienone is 2. The Morgan fingerprint density at radius 3 is 0.985 bits per heavy atom. The summed E-state index contributed by atoms with van der Waals surface area (Å²) < 4.78 is 79.8. The second kappa shape index (κ2) is 26.1. The average molecular weight is 973 g/mol. The molecule has 16 heteroatoms. The van der Waals surface area contributed by atoms with Crippen LogP contribution >= 0.6 is 22.7 Å². The summed E-state index contributed by atoms with van der Waals surface area (Å²) in [5.74, 6) is 2.93. The molecule has 0 unspecified atom stereocenters. The van der Waals surface area contributed by atoms with Crippen molar-refractivity contribution >= 4 is 42.7 Å². The number of hydrogen-bond acceptors (Lipinski definition) is 12. The highest BCUT2D eigenvalue weighted by molar-refractivity contribution is 7.90. The van der Waals surface area contributed by atoms with Crippen molar-refractivity contribution in [3.8, 4) is 23.0 Å². The molecule has 66 heavy (non-hydrogen) atoms. The van der Waals surface area contributed by atoms with Crippen LogP contribution in [-0.2, 0) is 59.1 Å². The average Bonchev–Trinajstić information content (AvgIpc) is 4.07. The van der Waals surface area contributed by atoms with Gasteiger partial charge in [-0.1, -0.05) is 60.7 Å². The molecule has 4 aromatic carbocycles. The van der Waals surface area contributed by atoms with E-state index in [1.807, 2.05) is 108 Å². The maximum atomic E-state index is 13.9. The minimum absolute atomic E-state index is 0.265. The Morgan fingerprint density at radius 2 is 0.773 bits per heavy atom. The fraction of sp³-hybridized carbons (Fsp3) is 0.320. The van der Waals surface area contributed by atoms with Crippen molar-refractivity contribution in [2.75, 3.05) is 28.4 Å². The summed E-state index contributed by atoms with van der Waals surface area (Å²) in [6.45, 7) is 8.62. The number of methoxy groups -OCH3 is 4. The smallest absolute Gasteiger partial charge is 0.218 e. The van der Waals surface area contributed by atoms with Crippen LogP contribution in [0.4, 0.5) is 0 Å². The Labute approximate surface area is 399 Å². The molecule has 0 amide bonds. The molecule has 12 nitrogen and oxygen atoms in total. The molecular weight excluding hydrogens is 913 g/mol. The van der Waals surface area contributed by atoms with Gasteiger partial charge in [-0.3, -0.25) is 0 Å². The molecule has 2 heterocycles. The SMILES string of the molecule is C=CCC[C@@H](Cc1nccs1)S(=O)(=O)N(Cc1ccc(OC)cc1)Cc1ccc(OC)cc1.C=CCC[C@H](Cc1nccs1)S(=O)(=O)N(Cc1ccc(OC)cc1)Cc1ccc(OC)cc1. The maximum absolute atomic E-state index is 13.9. The van der Waals surface area contributed by atoms with Crippen LogP contribution in [0.1, 0.15) is 58.0 Å². The molecule has 0 aliphatic rings. The van der Waals surface area contributed by atoms with E-state index in [1.54, 1.807) is 61.6 Å². The van der Waals surface area contributed by atoms with E-state index >= 15 is 0 Å². The standard InChI is InChI=1S/2C25H30N2O4S2/c2*1-4-5-6-24(17-25-26-15-16-32-25)33(28,29)27(18-20-7-11-22(30-2)12-8-20)19-21-9-13-23(31-3)14-10-21/h2*4,7-16,24H,1,5-6,17-19H2,2-3H3/t2*24-/m10/s1. The van der Waals surface area contributed by atoms with Gasteiger partial charge >= 0.3 is 0 Å². The summed E-state index contributed by atoms with van der Waals surface area (Å²) in [5.41, 5.74) is 3.57. The van der Waals surface area contributed by atoms with Crippen LogP contribution in [0.25, 0.3) is 0 Å². The highest BCUT2D eigenvalue weighted by atomic mass is 32.2. The maximum Gasteiger partial charge on any atom is 0.218 e. The lowest BCUT2D eigenvalue weighted by Gasteiger charge is -2.28. The van der Waals surface area contributed by atoms with Crippen LogP contribution in [0.2, 0.25) is 0 Å². The van der Waals surface area contributed by atoms with E-state index in [2.05, 4.69) is 23.1 Å². The second-order valence-electron chi connectivity index (χ2n) is 15.3. The van der Waals surface area contributed by atoms with Crippen molar-refractivity contribution in [2.45, 2.75) is 75.2 Å². The molecule has 0 N–H and O–H groups in total. The lowest BCUT2D eigenvalue weighted by Crippen LogP contribution is -2.39. The Balaban J connectivity index is 0.000000247. The number of hydrogen-bond donors (Lipinski definition) is 0. The third-order valence-electron chi connectivity index (χ3n) is 10.8. The van der Waals surface area contributed by atoms with Crippen LogP contribution in [0.15, 0.2) is 146 Å². The molecule has 0 spiro atoms. The minimum atomic E-state index is -3.65. The van der Waals surface area contributed by atoms with E-state index < -0.39 is 30.5 Å². The van der Waals surface area contributed by atoms with Gasteiger partial charge in [0.25, 0.3) is 0 Å². The van der Waals surface area contributed by atoms with Gasteiger partial charge in [-0.2, -0.15) is 8.61 Å². The van der Waals surface area contributed by atoms with Gasteiger partial charge in [0.2, 0.25) is 20.0 Å². The first kappa shape index (κ1) is 51.6. The first-order valence-electron chi connectivity index (χ1n) is 21.4. The highest BCUT2D eigenvalue weighted by Crippen LogP contribution is 2.28. The van der Waals surface area contributed by atoms with E-state index in [4.69, 9.17) is 18.9 Å². The van der Waals surface area contributed by atoms with Gasteiger partial charge in [-0.15, -0.1) is 35.8 Å². The van der Waals surface area contributed by atoms with Gasteiger partial charge in [0, 0.05) is 62.2 Å². The highest BCUT2D eigenvalue weighted by Gasteiger charge is 2.34. The monoisotopic (exact) mass is 972 g/mol. The van der Waals surface area contributed by atoms with Crippen molar-refractivity contribution in [3.63, 3.8) is 0 Å². The van der Waals surface area contributed by atoms with Crippen LogP contribution < -0.4 is 18.9 Å². The Morgan fingerprint density at radius 1 is 0.500 bits per heavy atom. The van der Waals surface area contributed by atoms with E-state index in [1.165, 1.54) is 22.7 Å². The summed E-state index contributed by atoms with van der Waals surface area (Å²) in [6, 6.07) is 29.9. The van der Waals surface area contributed by atoms with E-state index in [0.29, 0.717) is 38.5 Å². The first-order valence-corrected chi connectivity index (χ1v) is 26.2. The molecule has 0 fully saturated rings. The predicted molar refractivity (Wildman–Crippen MR) is 266 cm³/mol. The van der Waals surface area contributed by atoms with Gasteiger partial charge < -0.3 is 18.9 Å². The normalized spacial score (nSPS) is 12.5. The van der Waals surface area contributed by atoms with Crippen LogP contribution in [0, 0.1) is 0 Å². The van der Waals surface area contributed by atoms with Crippen molar-refractivity contribution in [3.05, 3.63) is 178 Å². The predicted octanol–water partition coefficient (Wildman–Crippen LogP) is 10.1. The van der Waals surface area contributed by atoms with Gasteiger partial charge in [0.05, 0.1) is 49.0 Å². The molecule has 2 atom stereocenters. The van der Waals surface area contributed by atoms with Gasteiger partial charge in [0.1, 0.15) is 23.0 Å². The minimum Gasteiger partial charge on any atom is -0.497 e. The third kappa shape index (κ3) is 15.4. The van der Waals surface area contributed by atoms with Crippen molar-refractivity contribution < 1.29 is 35.8 Å². The van der Waals surface area contributed by atoms with Crippen LogP contribution in [0.3, 0.4) is 0 Å². The third-order valence-corrected chi connectivity index (χ3v) is 16.8. The lowest BCUT2D eigenvalue weighted by molar-refractivity contribution is 0.388.